The lowest BCUT2D eigenvalue weighted by molar-refractivity contribution is 0.0871. The van der Waals surface area contributed by atoms with E-state index in [4.69, 9.17) is 6.42 Å². The summed E-state index contributed by atoms with van der Waals surface area (Å²) in [6.45, 7) is 12.0. The zero-order valence-electron chi connectivity index (χ0n) is 10.5. The van der Waals surface area contributed by atoms with Crippen LogP contribution in [0.5, 0.6) is 0 Å². The Bertz CT molecular complexity index is 239. The normalized spacial score (nSPS) is 28.7. The summed E-state index contributed by atoms with van der Waals surface area (Å²) in [4.78, 5) is 2.42. The Morgan fingerprint density at radius 2 is 2.20 bits per heavy atom. The van der Waals surface area contributed by atoms with Crippen LogP contribution in [0.15, 0.2) is 0 Å². The molecule has 0 aliphatic carbocycles. The lowest BCUT2D eigenvalue weighted by Crippen LogP contribution is -2.54. The number of nitrogens with zero attached hydrogens (tertiary/aromatic N) is 1. The smallest absolute Gasteiger partial charge is 0.0766 e. The van der Waals surface area contributed by atoms with Crippen LogP contribution >= 0.6 is 0 Å². The van der Waals surface area contributed by atoms with Crippen molar-refractivity contribution in [2.75, 3.05) is 19.6 Å². The molecule has 0 aromatic carbocycles. The molecule has 1 aliphatic heterocycles. The fourth-order valence-electron chi connectivity index (χ4n) is 2.31. The second-order valence-electron chi connectivity index (χ2n) is 5.08. The van der Waals surface area contributed by atoms with Gasteiger partial charge in [-0.3, -0.25) is 4.90 Å². The Labute approximate surface area is 94.4 Å². The van der Waals surface area contributed by atoms with Gasteiger partial charge in [0, 0.05) is 19.1 Å². The molecule has 0 saturated carbocycles. The van der Waals surface area contributed by atoms with E-state index in [1.54, 1.807) is 0 Å². The van der Waals surface area contributed by atoms with Crippen LogP contribution in [0.4, 0.5) is 0 Å². The molecule has 15 heavy (non-hydrogen) atoms. The van der Waals surface area contributed by atoms with Gasteiger partial charge in [-0.1, -0.05) is 19.8 Å². The van der Waals surface area contributed by atoms with Crippen LogP contribution < -0.4 is 5.32 Å². The van der Waals surface area contributed by atoms with Gasteiger partial charge in [-0.25, -0.2) is 0 Å². The first-order chi connectivity index (χ1) is 7.01. The molecule has 0 aromatic heterocycles. The van der Waals surface area contributed by atoms with Crippen LogP contribution in [0.1, 0.15) is 34.1 Å². The summed E-state index contributed by atoms with van der Waals surface area (Å²) < 4.78 is 0. The van der Waals surface area contributed by atoms with Crippen LogP contribution in [0, 0.1) is 18.3 Å². The fourth-order valence-corrected chi connectivity index (χ4v) is 2.31. The third kappa shape index (κ3) is 2.96. The maximum Gasteiger partial charge on any atom is 0.0766 e. The van der Waals surface area contributed by atoms with Crippen LogP contribution in [0.25, 0.3) is 0 Å². The topological polar surface area (TPSA) is 15.3 Å². The first-order valence-corrected chi connectivity index (χ1v) is 5.97. The Hall–Kier alpha value is -0.520. The van der Waals surface area contributed by atoms with Gasteiger partial charge in [0.1, 0.15) is 0 Å². The molecular formula is C13H24N2. The molecular weight excluding hydrogens is 184 g/mol. The second kappa shape index (κ2) is 5.01. The van der Waals surface area contributed by atoms with E-state index >= 15 is 0 Å². The molecule has 0 spiro atoms. The van der Waals surface area contributed by atoms with E-state index < -0.39 is 0 Å². The van der Waals surface area contributed by atoms with Gasteiger partial charge in [0.05, 0.1) is 5.54 Å². The van der Waals surface area contributed by atoms with Gasteiger partial charge >= 0.3 is 0 Å². The molecule has 1 saturated heterocycles. The lowest BCUT2D eigenvalue weighted by atomic mass is 9.90. The Morgan fingerprint density at radius 3 is 2.67 bits per heavy atom. The van der Waals surface area contributed by atoms with E-state index in [-0.39, 0.29) is 5.54 Å². The van der Waals surface area contributed by atoms with Gasteiger partial charge in [-0.2, -0.15) is 0 Å². The minimum absolute atomic E-state index is 0.0918. The van der Waals surface area contributed by atoms with Gasteiger partial charge in [0.2, 0.25) is 0 Å². The van der Waals surface area contributed by atoms with Crippen molar-refractivity contribution in [1.82, 2.24) is 10.2 Å². The van der Waals surface area contributed by atoms with Crippen molar-refractivity contribution in [3.8, 4) is 12.3 Å². The highest BCUT2D eigenvalue weighted by Gasteiger charge is 2.32. The summed E-state index contributed by atoms with van der Waals surface area (Å²) in [6, 6.07) is 0.667. The molecule has 0 bridgehead atoms. The number of hydrogen-bond acceptors (Lipinski definition) is 2. The second-order valence-corrected chi connectivity index (χ2v) is 5.08. The molecule has 0 aromatic rings. The van der Waals surface area contributed by atoms with Gasteiger partial charge < -0.3 is 5.32 Å². The molecule has 2 heteroatoms. The van der Waals surface area contributed by atoms with E-state index in [0.717, 1.165) is 19.6 Å². The summed E-state index contributed by atoms with van der Waals surface area (Å²) in [5.41, 5.74) is -0.0918. The summed E-state index contributed by atoms with van der Waals surface area (Å²) in [7, 11) is 0. The van der Waals surface area contributed by atoms with E-state index in [9.17, 15) is 0 Å². The maximum atomic E-state index is 5.57. The third-order valence-electron chi connectivity index (χ3n) is 3.52. The van der Waals surface area contributed by atoms with Crippen molar-refractivity contribution in [1.29, 1.82) is 0 Å². The fraction of sp³-hybridized carbons (Fsp3) is 0.846. The molecule has 86 valence electrons. The predicted molar refractivity (Wildman–Crippen MR) is 65.7 cm³/mol. The standard InChI is InChI=1S/C13H24N2/c1-6-13(4,5)15-9-8-12(14-7-2)11(3)10-15/h1,11-12,14H,7-10H2,2-5H3. The minimum atomic E-state index is -0.0918. The molecule has 1 N–H and O–H groups in total. The largest absolute Gasteiger partial charge is 0.314 e. The van der Waals surface area contributed by atoms with Gasteiger partial charge in [0.15, 0.2) is 0 Å². The SMILES string of the molecule is C#CC(C)(C)N1CCC(NCC)C(C)C1. The number of nitrogens with one attached hydrogen (secondary N) is 1. The van der Waals surface area contributed by atoms with Crippen molar-refractivity contribution in [2.45, 2.75) is 45.7 Å². The molecule has 1 heterocycles. The molecule has 1 aliphatic rings. The van der Waals surface area contributed by atoms with Crippen LogP contribution in [0.3, 0.4) is 0 Å². The van der Waals surface area contributed by atoms with Crippen molar-refractivity contribution in [2.24, 2.45) is 5.92 Å². The predicted octanol–water partition coefficient (Wildman–Crippen LogP) is 1.72. The van der Waals surface area contributed by atoms with Gasteiger partial charge in [0.25, 0.3) is 0 Å². The Kier molecular flexibility index (Phi) is 4.19. The first kappa shape index (κ1) is 12.5. The molecule has 1 rings (SSSR count). The average Bonchev–Trinajstić information content (AvgIpc) is 2.21. The quantitative estimate of drug-likeness (QED) is 0.710. The summed E-state index contributed by atoms with van der Waals surface area (Å²) in [5, 5.41) is 3.55. The summed E-state index contributed by atoms with van der Waals surface area (Å²) >= 11 is 0. The maximum absolute atomic E-state index is 5.57. The highest BCUT2D eigenvalue weighted by molar-refractivity contribution is 5.09. The van der Waals surface area contributed by atoms with E-state index in [1.807, 2.05) is 0 Å². The third-order valence-corrected chi connectivity index (χ3v) is 3.52. The van der Waals surface area contributed by atoms with E-state index in [2.05, 4.69) is 43.8 Å². The monoisotopic (exact) mass is 208 g/mol. The number of rotatable bonds is 3. The highest BCUT2D eigenvalue weighted by Crippen LogP contribution is 2.23. The molecule has 2 nitrogen and oxygen atoms in total. The Morgan fingerprint density at radius 1 is 1.53 bits per heavy atom. The molecule has 0 radical (unpaired) electrons. The van der Waals surface area contributed by atoms with E-state index in [1.165, 1.54) is 6.42 Å². The van der Waals surface area contributed by atoms with Gasteiger partial charge in [-0.05, 0) is 32.7 Å². The highest BCUT2D eigenvalue weighted by atomic mass is 15.2. The van der Waals surface area contributed by atoms with Crippen LogP contribution in [0.2, 0.25) is 0 Å². The average molecular weight is 208 g/mol. The van der Waals surface area contributed by atoms with E-state index in [0.29, 0.717) is 12.0 Å². The number of piperidine rings is 1. The molecule has 2 atom stereocenters. The molecule has 2 unspecified atom stereocenters. The van der Waals surface area contributed by atoms with Crippen LogP contribution in [-0.4, -0.2) is 36.1 Å². The number of terminal acetylenes is 1. The molecule has 1 fully saturated rings. The lowest BCUT2D eigenvalue weighted by Gasteiger charge is -2.43. The zero-order valence-corrected chi connectivity index (χ0v) is 10.5. The first-order valence-electron chi connectivity index (χ1n) is 5.97. The number of hydrogen-bond donors (Lipinski definition) is 1. The van der Waals surface area contributed by atoms with Crippen molar-refractivity contribution in [3.05, 3.63) is 0 Å². The molecule has 0 amide bonds. The van der Waals surface area contributed by atoms with Crippen molar-refractivity contribution >= 4 is 0 Å². The summed E-state index contributed by atoms with van der Waals surface area (Å²) in [5.74, 6) is 3.57. The van der Waals surface area contributed by atoms with Crippen molar-refractivity contribution < 1.29 is 0 Å². The number of likely N-dealkylation sites (tertiary alicyclic amines) is 1. The summed E-state index contributed by atoms with van der Waals surface area (Å²) in [6.07, 6.45) is 6.78. The minimum Gasteiger partial charge on any atom is -0.314 e. The van der Waals surface area contributed by atoms with Gasteiger partial charge in [-0.15, -0.1) is 6.42 Å². The van der Waals surface area contributed by atoms with Crippen molar-refractivity contribution in [3.63, 3.8) is 0 Å². The Balaban J connectivity index is 2.55. The van der Waals surface area contributed by atoms with Crippen LogP contribution in [-0.2, 0) is 0 Å². The zero-order chi connectivity index (χ0) is 11.5.